The Hall–Kier alpha value is -2.35. The second-order valence-electron chi connectivity index (χ2n) is 5.66. The van der Waals surface area contributed by atoms with Crippen LogP contribution in [0.15, 0.2) is 30.3 Å². The van der Waals surface area contributed by atoms with Crippen LogP contribution in [-0.4, -0.2) is 26.6 Å². The van der Waals surface area contributed by atoms with Crippen LogP contribution >= 0.6 is 11.8 Å². The highest BCUT2D eigenvalue weighted by molar-refractivity contribution is 7.99. The second kappa shape index (κ2) is 8.49. The minimum Gasteiger partial charge on any atom is -0.368 e. The van der Waals surface area contributed by atoms with Crippen LogP contribution in [0.5, 0.6) is 0 Å². The predicted octanol–water partition coefficient (Wildman–Crippen LogP) is 1.78. The number of aromatic nitrogens is 3. The van der Waals surface area contributed by atoms with Crippen molar-refractivity contribution in [2.45, 2.75) is 25.6 Å². The van der Waals surface area contributed by atoms with Gasteiger partial charge in [0.2, 0.25) is 17.8 Å². The summed E-state index contributed by atoms with van der Waals surface area (Å²) in [7, 11) is 0. The number of nitrogens with two attached hydrogens (primary N) is 2. The van der Waals surface area contributed by atoms with Crippen molar-refractivity contribution in [3.8, 4) is 0 Å². The number of anilines is 2. The van der Waals surface area contributed by atoms with E-state index < -0.39 is 0 Å². The van der Waals surface area contributed by atoms with E-state index in [1.54, 1.807) is 0 Å². The van der Waals surface area contributed by atoms with Crippen molar-refractivity contribution in [3.05, 3.63) is 41.7 Å². The van der Waals surface area contributed by atoms with E-state index in [4.69, 9.17) is 11.5 Å². The molecule has 1 aromatic heterocycles. The first kappa shape index (κ1) is 18.0. The number of nitrogens with one attached hydrogen (secondary N) is 1. The highest BCUT2D eigenvalue weighted by Gasteiger charge is 2.18. The van der Waals surface area contributed by atoms with Gasteiger partial charge >= 0.3 is 0 Å². The molecule has 1 amide bonds. The van der Waals surface area contributed by atoms with Crippen molar-refractivity contribution in [1.82, 2.24) is 20.3 Å². The van der Waals surface area contributed by atoms with Crippen LogP contribution in [0.3, 0.4) is 0 Å². The van der Waals surface area contributed by atoms with Crippen LogP contribution in [0.4, 0.5) is 11.9 Å². The SMILES string of the molecule is CC(C)[C@@H](NC(=O)CSCc1nc(N)nc(N)n1)c1ccccc1. The van der Waals surface area contributed by atoms with Crippen LogP contribution in [0.2, 0.25) is 0 Å². The third-order valence-corrected chi connectivity index (χ3v) is 4.25. The summed E-state index contributed by atoms with van der Waals surface area (Å²) in [5.74, 6) is 1.67. The summed E-state index contributed by atoms with van der Waals surface area (Å²) in [6.07, 6.45) is 0. The summed E-state index contributed by atoms with van der Waals surface area (Å²) in [5.41, 5.74) is 12.1. The standard InChI is InChI=1S/C16H22N6OS/c1-10(2)14(11-6-4-3-5-7-11)21-13(23)9-24-8-12-19-15(17)22-16(18)20-12/h3-7,10,14H,8-9H2,1-2H3,(H,21,23)(H4,17,18,19,20,22)/t14-/m1/s1. The lowest BCUT2D eigenvalue weighted by Crippen LogP contribution is -2.33. The van der Waals surface area contributed by atoms with Crippen molar-refractivity contribution < 1.29 is 4.79 Å². The maximum Gasteiger partial charge on any atom is 0.230 e. The van der Waals surface area contributed by atoms with Gasteiger partial charge in [-0.25, -0.2) is 0 Å². The molecule has 0 spiro atoms. The quantitative estimate of drug-likeness (QED) is 0.699. The van der Waals surface area contributed by atoms with Crippen LogP contribution in [0.25, 0.3) is 0 Å². The van der Waals surface area contributed by atoms with Gasteiger partial charge in [0.25, 0.3) is 0 Å². The van der Waals surface area contributed by atoms with Gasteiger partial charge in [-0.3, -0.25) is 4.79 Å². The molecule has 7 nitrogen and oxygen atoms in total. The molecule has 0 aliphatic carbocycles. The molecular weight excluding hydrogens is 324 g/mol. The number of rotatable bonds is 7. The second-order valence-corrected chi connectivity index (χ2v) is 6.65. The smallest absolute Gasteiger partial charge is 0.230 e. The zero-order valence-corrected chi connectivity index (χ0v) is 14.6. The molecule has 1 aromatic carbocycles. The molecule has 2 rings (SSSR count). The van der Waals surface area contributed by atoms with Crippen molar-refractivity contribution in [2.75, 3.05) is 17.2 Å². The van der Waals surface area contributed by atoms with Gasteiger partial charge in [0.1, 0.15) is 5.82 Å². The monoisotopic (exact) mass is 346 g/mol. The molecule has 24 heavy (non-hydrogen) atoms. The topological polar surface area (TPSA) is 120 Å². The number of benzene rings is 1. The van der Waals surface area contributed by atoms with Gasteiger partial charge in [-0.1, -0.05) is 44.2 Å². The minimum absolute atomic E-state index is 0.0113. The molecule has 2 aromatic rings. The lowest BCUT2D eigenvalue weighted by molar-refractivity contribution is -0.119. The van der Waals surface area contributed by atoms with E-state index in [1.807, 2.05) is 30.3 Å². The Morgan fingerprint density at radius 3 is 2.33 bits per heavy atom. The number of nitrogen functional groups attached to an aromatic ring is 2. The Morgan fingerprint density at radius 2 is 1.75 bits per heavy atom. The lowest BCUT2D eigenvalue weighted by atomic mass is 9.96. The summed E-state index contributed by atoms with van der Waals surface area (Å²) < 4.78 is 0. The summed E-state index contributed by atoms with van der Waals surface area (Å²) in [6.45, 7) is 4.17. The molecule has 1 atom stereocenters. The Kier molecular flexibility index (Phi) is 6.36. The fourth-order valence-electron chi connectivity index (χ4n) is 2.27. The molecule has 5 N–H and O–H groups in total. The fourth-order valence-corrected chi connectivity index (χ4v) is 2.95. The summed E-state index contributed by atoms with van der Waals surface area (Å²) >= 11 is 1.40. The van der Waals surface area contributed by atoms with Gasteiger partial charge in [0.15, 0.2) is 0 Å². The zero-order valence-electron chi connectivity index (χ0n) is 13.8. The number of carbonyl (C=O) groups is 1. The Bertz CT molecular complexity index is 659. The molecule has 0 unspecified atom stereocenters. The Morgan fingerprint density at radius 1 is 1.12 bits per heavy atom. The van der Waals surface area contributed by atoms with E-state index in [0.717, 1.165) is 5.56 Å². The highest BCUT2D eigenvalue weighted by Crippen LogP contribution is 2.21. The van der Waals surface area contributed by atoms with Crippen LogP contribution < -0.4 is 16.8 Å². The number of hydrogen-bond acceptors (Lipinski definition) is 7. The number of amides is 1. The predicted molar refractivity (Wildman–Crippen MR) is 97.0 cm³/mol. The summed E-state index contributed by atoms with van der Waals surface area (Å²) in [4.78, 5) is 23.9. The van der Waals surface area contributed by atoms with E-state index in [-0.39, 0.29) is 23.8 Å². The van der Waals surface area contributed by atoms with Crippen molar-refractivity contribution >= 4 is 29.6 Å². The van der Waals surface area contributed by atoms with E-state index in [1.165, 1.54) is 11.8 Å². The number of thioether (sulfide) groups is 1. The number of carbonyl (C=O) groups excluding carboxylic acids is 1. The molecule has 0 bridgehead atoms. The van der Waals surface area contributed by atoms with Gasteiger partial charge < -0.3 is 16.8 Å². The molecule has 8 heteroatoms. The highest BCUT2D eigenvalue weighted by atomic mass is 32.2. The van der Waals surface area contributed by atoms with Crippen LogP contribution in [0, 0.1) is 5.92 Å². The van der Waals surface area contributed by atoms with Gasteiger partial charge in [0.05, 0.1) is 17.5 Å². The maximum absolute atomic E-state index is 12.2. The normalized spacial score (nSPS) is 12.1. The molecular formula is C16H22N6OS. The molecule has 0 aliphatic heterocycles. The first-order chi connectivity index (χ1) is 11.5. The molecule has 1 heterocycles. The summed E-state index contributed by atoms with van der Waals surface area (Å²) in [6, 6.07) is 9.94. The lowest BCUT2D eigenvalue weighted by Gasteiger charge is -2.22. The average molecular weight is 346 g/mol. The maximum atomic E-state index is 12.2. The van der Waals surface area contributed by atoms with E-state index >= 15 is 0 Å². The fraction of sp³-hybridized carbons (Fsp3) is 0.375. The molecule has 0 radical (unpaired) electrons. The average Bonchev–Trinajstić information content (AvgIpc) is 2.52. The van der Waals surface area contributed by atoms with Crippen molar-refractivity contribution in [3.63, 3.8) is 0 Å². The molecule has 0 aliphatic rings. The third kappa shape index (κ3) is 5.38. The largest absolute Gasteiger partial charge is 0.368 e. The Balaban J connectivity index is 1.87. The third-order valence-electron chi connectivity index (χ3n) is 3.32. The number of hydrogen-bond donors (Lipinski definition) is 3. The zero-order chi connectivity index (χ0) is 17.5. The van der Waals surface area contributed by atoms with Crippen LogP contribution in [0.1, 0.15) is 31.3 Å². The van der Waals surface area contributed by atoms with Gasteiger partial charge in [-0.2, -0.15) is 15.0 Å². The van der Waals surface area contributed by atoms with E-state index in [0.29, 0.717) is 23.2 Å². The minimum atomic E-state index is -0.0300. The van der Waals surface area contributed by atoms with Gasteiger partial charge in [-0.15, -0.1) is 11.8 Å². The first-order valence-electron chi connectivity index (χ1n) is 7.63. The van der Waals surface area contributed by atoms with Gasteiger partial charge in [0, 0.05) is 0 Å². The molecule has 128 valence electrons. The summed E-state index contributed by atoms with van der Waals surface area (Å²) in [5, 5.41) is 3.08. The van der Waals surface area contributed by atoms with E-state index in [2.05, 4.69) is 34.1 Å². The molecule has 0 fully saturated rings. The van der Waals surface area contributed by atoms with Crippen molar-refractivity contribution in [2.24, 2.45) is 5.92 Å². The van der Waals surface area contributed by atoms with Gasteiger partial charge in [-0.05, 0) is 11.5 Å². The first-order valence-corrected chi connectivity index (χ1v) is 8.79. The molecule has 0 saturated heterocycles. The van der Waals surface area contributed by atoms with Crippen molar-refractivity contribution in [1.29, 1.82) is 0 Å². The van der Waals surface area contributed by atoms with Crippen LogP contribution in [-0.2, 0) is 10.5 Å². The van der Waals surface area contributed by atoms with E-state index in [9.17, 15) is 4.79 Å². The Labute approximate surface area is 145 Å². The number of nitrogens with zero attached hydrogens (tertiary/aromatic N) is 3. The molecule has 0 saturated carbocycles.